The van der Waals surface area contributed by atoms with E-state index in [-0.39, 0.29) is 5.02 Å². The van der Waals surface area contributed by atoms with Crippen LogP contribution >= 0.6 is 23.2 Å². The van der Waals surface area contributed by atoms with Gasteiger partial charge in [0.1, 0.15) is 23.5 Å². The molecule has 0 aliphatic carbocycles. The Kier molecular flexibility index (Phi) is 4.12. The van der Waals surface area contributed by atoms with Gasteiger partial charge in [0.25, 0.3) is 0 Å². The molecule has 19 heavy (non-hydrogen) atoms. The molecule has 0 spiro atoms. The number of ether oxygens (including phenoxy) is 1. The lowest BCUT2D eigenvalue weighted by Gasteiger charge is -2.18. The maximum atomic E-state index is 13.4. The van der Waals surface area contributed by atoms with Crippen LogP contribution < -0.4 is 10.5 Å². The fraction of sp³-hybridized carbons (Fsp3) is 0.154. The number of pyridine rings is 1. The first-order valence-corrected chi connectivity index (χ1v) is 6.26. The number of benzene rings is 1. The highest BCUT2D eigenvalue weighted by Crippen LogP contribution is 2.34. The van der Waals surface area contributed by atoms with Gasteiger partial charge in [0.15, 0.2) is 0 Å². The van der Waals surface area contributed by atoms with Crippen LogP contribution in [0.2, 0.25) is 10.0 Å². The van der Waals surface area contributed by atoms with Crippen LogP contribution in [0.5, 0.6) is 5.75 Å². The zero-order valence-corrected chi connectivity index (χ0v) is 11.5. The van der Waals surface area contributed by atoms with Crippen molar-refractivity contribution >= 4 is 29.0 Å². The van der Waals surface area contributed by atoms with Crippen LogP contribution in [0.3, 0.4) is 0 Å². The highest BCUT2D eigenvalue weighted by atomic mass is 35.5. The van der Waals surface area contributed by atoms with Gasteiger partial charge in [-0.3, -0.25) is 0 Å². The largest absolute Gasteiger partial charge is 0.486 e. The molecule has 100 valence electrons. The Morgan fingerprint density at radius 1 is 1.32 bits per heavy atom. The van der Waals surface area contributed by atoms with Gasteiger partial charge in [-0.15, -0.1) is 0 Å². The maximum absolute atomic E-state index is 13.4. The SMILES string of the molecule is CC(Oc1ccnc(N)c1)c1c(Cl)ccc(F)c1Cl. The molecule has 2 aromatic rings. The van der Waals surface area contributed by atoms with Crippen molar-refractivity contribution in [2.45, 2.75) is 13.0 Å². The second-order valence-corrected chi connectivity index (χ2v) is 4.72. The molecule has 2 rings (SSSR count). The molecule has 0 saturated heterocycles. The van der Waals surface area contributed by atoms with Crippen LogP contribution in [0.15, 0.2) is 30.5 Å². The minimum Gasteiger partial charge on any atom is -0.486 e. The number of halogens is 3. The van der Waals surface area contributed by atoms with E-state index >= 15 is 0 Å². The van der Waals surface area contributed by atoms with Gasteiger partial charge in [0.2, 0.25) is 0 Å². The molecule has 0 aliphatic heterocycles. The van der Waals surface area contributed by atoms with Crippen LogP contribution in [0, 0.1) is 5.82 Å². The molecule has 1 unspecified atom stereocenters. The summed E-state index contributed by atoms with van der Waals surface area (Å²) in [6.45, 7) is 1.73. The lowest BCUT2D eigenvalue weighted by molar-refractivity contribution is 0.226. The summed E-state index contributed by atoms with van der Waals surface area (Å²) in [5.41, 5.74) is 5.96. The Morgan fingerprint density at radius 2 is 2.05 bits per heavy atom. The van der Waals surface area contributed by atoms with E-state index in [1.54, 1.807) is 19.1 Å². The number of anilines is 1. The third-order valence-corrected chi connectivity index (χ3v) is 3.27. The fourth-order valence-electron chi connectivity index (χ4n) is 1.68. The van der Waals surface area contributed by atoms with Gasteiger partial charge >= 0.3 is 0 Å². The van der Waals surface area contributed by atoms with Gasteiger partial charge in [0, 0.05) is 22.8 Å². The van der Waals surface area contributed by atoms with Gasteiger partial charge < -0.3 is 10.5 Å². The van der Waals surface area contributed by atoms with E-state index in [2.05, 4.69) is 4.98 Å². The van der Waals surface area contributed by atoms with E-state index in [0.29, 0.717) is 22.2 Å². The molecule has 0 bridgehead atoms. The average Bonchev–Trinajstić information content (AvgIpc) is 2.34. The normalized spacial score (nSPS) is 12.2. The van der Waals surface area contributed by atoms with Crippen molar-refractivity contribution in [3.63, 3.8) is 0 Å². The fourth-order valence-corrected chi connectivity index (χ4v) is 2.36. The number of hydrogen-bond acceptors (Lipinski definition) is 3. The Balaban J connectivity index is 2.30. The van der Waals surface area contributed by atoms with Crippen molar-refractivity contribution in [3.8, 4) is 5.75 Å². The summed E-state index contributed by atoms with van der Waals surface area (Å²) in [6.07, 6.45) is 1.00. The third kappa shape index (κ3) is 3.08. The molecule has 1 aromatic heterocycles. The first-order chi connectivity index (χ1) is 8.99. The van der Waals surface area contributed by atoms with Crippen molar-refractivity contribution in [2.24, 2.45) is 0 Å². The van der Waals surface area contributed by atoms with E-state index < -0.39 is 11.9 Å². The summed E-state index contributed by atoms with van der Waals surface area (Å²) in [6, 6.07) is 5.87. The number of nitrogens with zero attached hydrogens (tertiary/aromatic N) is 1. The van der Waals surface area contributed by atoms with Gasteiger partial charge in [-0.1, -0.05) is 23.2 Å². The molecule has 6 heteroatoms. The second-order valence-electron chi connectivity index (χ2n) is 3.93. The minimum absolute atomic E-state index is 0.0398. The van der Waals surface area contributed by atoms with Gasteiger partial charge in [-0.05, 0) is 25.1 Å². The molecule has 0 saturated carbocycles. The van der Waals surface area contributed by atoms with Crippen molar-refractivity contribution in [1.29, 1.82) is 0 Å². The van der Waals surface area contributed by atoms with E-state index in [1.165, 1.54) is 18.3 Å². The second kappa shape index (κ2) is 5.63. The quantitative estimate of drug-likeness (QED) is 0.862. The highest BCUT2D eigenvalue weighted by molar-refractivity contribution is 6.36. The zero-order chi connectivity index (χ0) is 14.0. The molecular formula is C13H11Cl2FN2O. The van der Waals surface area contributed by atoms with Crippen LogP contribution in [0.25, 0.3) is 0 Å². The monoisotopic (exact) mass is 300 g/mol. The lowest BCUT2D eigenvalue weighted by atomic mass is 10.1. The molecule has 1 aromatic carbocycles. The first-order valence-electron chi connectivity index (χ1n) is 5.50. The zero-order valence-electron chi connectivity index (χ0n) is 10.0. The number of nitrogens with two attached hydrogens (primary N) is 1. The summed E-state index contributed by atoms with van der Waals surface area (Å²) in [5.74, 6) is 0.309. The van der Waals surface area contributed by atoms with Crippen molar-refractivity contribution in [3.05, 3.63) is 51.9 Å². The standard InChI is InChI=1S/C13H11Cl2FN2O/c1-7(19-8-4-5-18-11(17)6-8)12-9(14)2-3-10(16)13(12)15/h2-7H,1H3,(H2,17,18). The molecule has 0 fully saturated rings. The van der Waals surface area contributed by atoms with Crippen molar-refractivity contribution < 1.29 is 9.13 Å². The smallest absolute Gasteiger partial charge is 0.142 e. The van der Waals surface area contributed by atoms with E-state index in [4.69, 9.17) is 33.7 Å². The summed E-state index contributed by atoms with van der Waals surface area (Å²) in [5, 5.41) is 0.308. The van der Waals surface area contributed by atoms with Crippen LogP contribution in [0.4, 0.5) is 10.2 Å². The van der Waals surface area contributed by atoms with E-state index in [1.807, 2.05) is 0 Å². The summed E-state index contributed by atoms with van der Waals surface area (Å²) < 4.78 is 19.1. The molecule has 0 radical (unpaired) electrons. The summed E-state index contributed by atoms with van der Waals surface area (Å²) in [4.78, 5) is 3.85. The minimum atomic E-state index is -0.536. The Morgan fingerprint density at radius 3 is 2.74 bits per heavy atom. The van der Waals surface area contributed by atoms with E-state index in [9.17, 15) is 4.39 Å². The Labute approximate surface area is 120 Å². The lowest BCUT2D eigenvalue weighted by Crippen LogP contribution is -2.06. The summed E-state index contributed by atoms with van der Waals surface area (Å²) in [7, 11) is 0. The van der Waals surface area contributed by atoms with Crippen LogP contribution in [-0.2, 0) is 0 Å². The van der Waals surface area contributed by atoms with Crippen molar-refractivity contribution in [1.82, 2.24) is 4.98 Å². The van der Waals surface area contributed by atoms with Gasteiger partial charge in [-0.2, -0.15) is 0 Å². The van der Waals surface area contributed by atoms with Crippen LogP contribution in [0.1, 0.15) is 18.6 Å². The molecule has 0 aliphatic rings. The van der Waals surface area contributed by atoms with E-state index in [0.717, 1.165) is 0 Å². The molecular weight excluding hydrogens is 290 g/mol. The molecule has 1 atom stereocenters. The average molecular weight is 301 g/mol. The maximum Gasteiger partial charge on any atom is 0.142 e. The van der Waals surface area contributed by atoms with Crippen LogP contribution in [-0.4, -0.2) is 4.98 Å². The predicted octanol–water partition coefficient (Wildman–Crippen LogP) is 4.25. The number of hydrogen-bond donors (Lipinski definition) is 1. The van der Waals surface area contributed by atoms with Gasteiger partial charge in [-0.25, -0.2) is 9.37 Å². The van der Waals surface area contributed by atoms with Crippen molar-refractivity contribution in [2.75, 3.05) is 5.73 Å². The number of rotatable bonds is 3. The first kappa shape index (κ1) is 13.9. The summed E-state index contributed by atoms with van der Waals surface area (Å²) >= 11 is 11.9. The molecule has 1 heterocycles. The number of nitrogen functional groups attached to an aromatic ring is 1. The Hall–Kier alpha value is -1.52. The van der Waals surface area contributed by atoms with Gasteiger partial charge in [0.05, 0.1) is 5.02 Å². The Bertz CT molecular complexity index is 607. The molecule has 2 N–H and O–H groups in total. The topological polar surface area (TPSA) is 48.1 Å². The highest BCUT2D eigenvalue weighted by Gasteiger charge is 2.18. The molecule has 3 nitrogen and oxygen atoms in total. The third-order valence-electron chi connectivity index (χ3n) is 2.55. The predicted molar refractivity (Wildman–Crippen MR) is 74.1 cm³/mol. The number of aromatic nitrogens is 1. The molecule has 0 amide bonds.